The molecule has 1 N–H and O–H groups in total. The SMILES string of the molecule is Cc1ccc2c(c1)C(=C1SC(=Nc3ccccc3Cl)NC1=O)C(=O)N2C. The van der Waals surface area contributed by atoms with Gasteiger partial charge in [-0.05, 0) is 43.0 Å². The van der Waals surface area contributed by atoms with Crippen molar-refractivity contribution in [3.8, 4) is 0 Å². The van der Waals surface area contributed by atoms with Gasteiger partial charge < -0.3 is 10.2 Å². The molecule has 0 saturated carbocycles. The lowest BCUT2D eigenvalue weighted by atomic mass is 10.0. The van der Waals surface area contributed by atoms with Crippen molar-refractivity contribution in [2.75, 3.05) is 11.9 Å². The molecular weight excluding hydrogens is 370 g/mol. The van der Waals surface area contributed by atoms with Crippen molar-refractivity contribution in [2.24, 2.45) is 4.99 Å². The molecule has 0 bridgehead atoms. The summed E-state index contributed by atoms with van der Waals surface area (Å²) in [5.74, 6) is -0.519. The lowest BCUT2D eigenvalue weighted by molar-refractivity contribution is -0.116. The van der Waals surface area contributed by atoms with E-state index in [1.807, 2.05) is 37.3 Å². The van der Waals surface area contributed by atoms with Crippen molar-refractivity contribution in [1.82, 2.24) is 5.32 Å². The Kier molecular flexibility index (Phi) is 4.09. The van der Waals surface area contributed by atoms with E-state index >= 15 is 0 Å². The minimum absolute atomic E-state index is 0.192. The number of aliphatic imine (C=N–C) groups is 1. The zero-order valence-corrected chi connectivity index (χ0v) is 15.6. The first-order chi connectivity index (χ1) is 12.5. The predicted molar refractivity (Wildman–Crippen MR) is 106 cm³/mol. The molecule has 130 valence electrons. The topological polar surface area (TPSA) is 61.8 Å². The van der Waals surface area contributed by atoms with Crippen molar-refractivity contribution >= 4 is 57.3 Å². The number of halogens is 1. The van der Waals surface area contributed by atoms with Crippen molar-refractivity contribution in [1.29, 1.82) is 0 Å². The Morgan fingerprint density at radius 3 is 2.69 bits per heavy atom. The number of rotatable bonds is 1. The number of nitrogens with zero attached hydrogens (tertiary/aromatic N) is 2. The van der Waals surface area contributed by atoms with E-state index in [2.05, 4.69) is 10.3 Å². The molecule has 0 unspecified atom stereocenters. The van der Waals surface area contributed by atoms with Crippen molar-refractivity contribution < 1.29 is 9.59 Å². The van der Waals surface area contributed by atoms with Gasteiger partial charge in [0.15, 0.2) is 5.17 Å². The van der Waals surface area contributed by atoms with Gasteiger partial charge in [-0.15, -0.1) is 0 Å². The second kappa shape index (κ2) is 6.30. The van der Waals surface area contributed by atoms with E-state index in [0.717, 1.165) is 28.6 Å². The summed E-state index contributed by atoms with van der Waals surface area (Å²) >= 11 is 7.28. The van der Waals surface area contributed by atoms with Gasteiger partial charge in [-0.1, -0.05) is 35.4 Å². The summed E-state index contributed by atoms with van der Waals surface area (Å²) in [6.45, 7) is 1.96. The molecule has 0 spiro atoms. The maximum Gasteiger partial charge on any atom is 0.264 e. The van der Waals surface area contributed by atoms with Crippen LogP contribution in [0.4, 0.5) is 11.4 Å². The summed E-state index contributed by atoms with van der Waals surface area (Å²) in [6.07, 6.45) is 0. The fourth-order valence-corrected chi connectivity index (χ4v) is 4.05. The first-order valence-electron chi connectivity index (χ1n) is 7.91. The summed E-state index contributed by atoms with van der Waals surface area (Å²) in [6, 6.07) is 12.9. The van der Waals surface area contributed by atoms with E-state index in [4.69, 9.17) is 11.6 Å². The van der Waals surface area contributed by atoms with Gasteiger partial charge in [-0.2, -0.15) is 0 Å². The summed E-state index contributed by atoms with van der Waals surface area (Å²) in [5.41, 5.74) is 3.58. The molecule has 2 aliphatic heterocycles. The normalized spacial score (nSPS) is 20.7. The molecule has 5 nitrogen and oxygen atoms in total. The Morgan fingerprint density at radius 1 is 1.15 bits per heavy atom. The number of amidine groups is 1. The molecule has 1 fully saturated rings. The maximum absolute atomic E-state index is 12.7. The van der Waals surface area contributed by atoms with Gasteiger partial charge in [0.05, 0.1) is 26.9 Å². The van der Waals surface area contributed by atoms with Crippen LogP contribution in [-0.4, -0.2) is 24.0 Å². The average molecular weight is 384 g/mol. The van der Waals surface area contributed by atoms with Crippen molar-refractivity contribution in [3.05, 3.63) is 63.5 Å². The largest absolute Gasteiger partial charge is 0.311 e. The maximum atomic E-state index is 12.7. The zero-order chi connectivity index (χ0) is 18.4. The van der Waals surface area contributed by atoms with E-state index in [1.54, 1.807) is 24.1 Å². The molecule has 26 heavy (non-hydrogen) atoms. The van der Waals surface area contributed by atoms with Gasteiger partial charge in [0.1, 0.15) is 0 Å². The van der Waals surface area contributed by atoms with Gasteiger partial charge >= 0.3 is 0 Å². The number of anilines is 1. The van der Waals surface area contributed by atoms with Gasteiger partial charge in [-0.3, -0.25) is 9.59 Å². The third kappa shape index (κ3) is 2.71. The van der Waals surface area contributed by atoms with E-state index < -0.39 is 0 Å². The van der Waals surface area contributed by atoms with Crippen LogP contribution in [0.15, 0.2) is 52.4 Å². The predicted octanol–water partition coefficient (Wildman–Crippen LogP) is 3.89. The fraction of sp³-hybridized carbons (Fsp3) is 0.105. The first-order valence-corrected chi connectivity index (χ1v) is 9.11. The second-order valence-electron chi connectivity index (χ2n) is 6.01. The van der Waals surface area contributed by atoms with Gasteiger partial charge in [0.25, 0.3) is 11.8 Å². The smallest absolute Gasteiger partial charge is 0.264 e. The van der Waals surface area contributed by atoms with Crippen LogP contribution in [0.5, 0.6) is 0 Å². The summed E-state index contributed by atoms with van der Waals surface area (Å²) in [7, 11) is 1.71. The highest BCUT2D eigenvalue weighted by Gasteiger charge is 2.38. The molecular formula is C19H14ClN3O2S. The molecule has 2 heterocycles. The number of fused-ring (bicyclic) bond motifs is 1. The third-order valence-electron chi connectivity index (χ3n) is 4.23. The minimum Gasteiger partial charge on any atom is -0.311 e. The monoisotopic (exact) mass is 383 g/mol. The van der Waals surface area contributed by atoms with Crippen molar-refractivity contribution in [3.63, 3.8) is 0 Å². The average Bonchev–Trinajstić information content (AvgIpc) is 3.07. The molecule has 1 saturated heterocycles. The van der Waals surface area contributed by atoms with Gasteiger partial charge in [-0.25, -0.2) is 4.99 Å². The number of carbonyl (C=O) groups excluding carboxylic acids is 2. The lowest BCUT2D eigenvalue weighted by Gasteiger charge is -2.08. The highest BCUT2D eigenvalue weighted by Crippen LogP contribution is 2.42. The highest BCUT2D eigenvalue weighted by atomic mass is 35.5. The van der Waals surface area contributed by atoms with Crippen LogP contribution in [0, 0.1) is 6.92 Å². The lowest BCUT2D eigenvalue weighted by Crippen LogP contribution is -2.23. The molecule has 2 aromatic rings. The molecule has 2 aromatic carbocycles. The third-order valence-corrected chi connectivity index (χ3v) is 5.53. The molecule has 0 aromatic heterocycles. The first kappa shape index (κ1) is 16.9. The van der Waals surface area contributed by atoms with E-state index in [9.17, 15) is 9.59 Å². The Labute approximate surface area is 159 Å². The number of thioether (sulfide) groups is 1. The van der Waals surface area contributed by atoms with E-state index in [1.165, 1.54) is 0 Å². The van der Waals surface area contributed by atoms with Crippen LogP contribution in [-0.2, 0) is 9.59 Å². The molecule has 7 heteroatoms. The number of para-hydroxylation sites is 1. The second-order valence-corrected chi connectivity index (χ2v) is 7.42. The Hall–Kier alpha value is -2.57. The molecule has 2 aliphatic rings. The molecule has 0 atom stereocenters. The van der Waals surface area contributed by atoms with Gasteiger partial charge in [0.2, 0.25) is 0 Å². The number of likely N-dealkylation sites (N-methyl/N-ethyl adjacent to an activating group) is 1. The molecule has 0 aliphatic carbocycles. The quantitative estimate of drug-likeness (QED) is 0.760. The van der Waals surface area contributed by atoms with E-state index in [-0.39, 0.29) is 11.8 Å². The van der Waals surface area contributed by atoms with Gasteiger partial charge in [0, 0.05) is 12.6 Å². The van der Waals surface area contributed by atoms with Crippen molar-refractivity contribution in [2.45, 2.75) is 6.92 Å². The number of nitrogens with one attached hydrogen (secondary N) is 1. The zero-order valence-electron chi connectivity index (χ0n) is 14.0. The number of carbonyl (C=O) groups is 2. The van der Waals surface area contributed by atoms with Crippen LogP contribution >= 0.6 is 23.4 Å². The number of hydrogen-bond acceptors (Lipinski definition) is 4. The van der Waals surface area contributed by atoms with Crippen LogP contribution in [0.3, 0.4) is 0 Å². The summed E-state index contributed by atoms with van der Waals surface area (Å²) < 4.78 is 0. The molecule has 4 rings (SSSR count). The fourth-order valence-electron chi connectivity index (χ4n) is 2.94. The van der Waals surface area contributed by atoms with Crippen LogP contribution < -0.4 is 10.2 Å². The number of amides is 2. The number of hydrogen-bond donors (Lipinski definition) is 1. The molecule has 0 radical (unpaired) electrons. The standard InChI is InChI=1S/C19H14ClN3O2S/c1-10-7-8-14-11(9-10)15(18(25)23(14)2)16-17(24)22-19(26-16)21-13-6-4-3-5-12(13)20/h3-9H,1-2H3,(H,21,22,24). The highest BCUT2D eigenvalue weighted by molar-refractivity contribution is 8.18. The van der Waals surface area contributed by atoms with E-state index in [0.29, 0.717) is 26.4 Å². The molecule has 2 amide bonds. The van der Waals surface area contributed by atoms with Crippen LogP contribution in [0.1, 0.15) is 11.1 Å². The summed E-state index contributed by atoms with van der Waals surface area (Å²) in [4.78, 5) is 31.6. The Morgan fingerprint density at radius 2 is 1.92 bits per heavy atom. The van der Waals surface area contributed by atoms with Crippen LogP contribution in [0.25, 0.3) is 5.57 Å². The van der Waals surface area contributed by atoms with Crippen LogP contribution in [0.2, 0.25) is 5.02 Å². The minimum atomic E-state index is -0.327. The summed E-state index contributed by atoms with van der Waals surface area (Å²) in [5, 5.41) is 3.62. The Bertz CT molecular complexity index is 1030. The number of benzene rings is 2. The number of aryl methyl sites for hydroxylation is 1. The Balaban J connectivity index is 1.79.